The van der Waals surface area contributed by atoms with Gasteiger partial charge in [-0.1, -0.05) is 6.92 Å². The van der Waals surface area contributed by atoms with Gasteiger partial charge in [-0.05, 0) is 51.3 Å². The Kier molecular flexibility index (Phi) is 6.27. The minimum atomic E-state index is 0.238. The molecule has 1 aromatic rings. The Hall–Kier alpha value is -1.13. The van der Waals surface area contributed by atoms with Gasteiger partial charge in [0.1, 0.15) is 12.4 Å². The van der Waals surface area contributed by atoms with Crippen LogP contribution >= 0.6 is 0 Å². The van der Waals surface area contributed by atoms with E-state index in [9.17, 15) is 0 Å². The van der Waals surface area contributed by atoms with E-state index in [1.807, 2.05) is 19.1 Å². The lowest BCUT2D eigenvalue weighted by Crippen LogP contribution is -2.26. The van der Waals surface area contributed by atoms with Crippen LogP contribution in [0.25, 0.3) is 0 Å². The molecule has 4 nitrogen and oxygen atoms in total. The Balaban J connectivity index is 1.91. The van der Waals surface area contributed by atoms with Crippen molar-refractivity contribution in [3.63, 3.8) is 0 Å². The fourth-order valence-electron chi connectivity index (χ4n) is 2.36. The van der Waals surface area contributed by atoms with Crippen LogP contribution in [0, 0.1) is 6.92 Å². The van der Waals surface area contributed by atoms with E-state index in [2.05, 4.69) is 17.2 Å². The van der Waals surface area contributed by atoms with E-state index < -0.39 is 0 Å². The van der Waals surface area contributed by atoms with E-state index in [1.165, 1.54) is 12.8 Å². The number of nitrogens with one attached hydrogen (secondary N) is 1. The van der Waals surface area contributed by atoms with Gasteiger partial charge in [0.15, 0.2) is 0 Å². The summed E-state index contributed by atoms with van der Waals surface area (Å²) in [6, 6.07) is 4.02. The first-order chi connectivity index (χ1) is 9.79. The van der Waals surface area contributed by atoms with Gasteiger partial charge in [0.25, 0.3) is 0 Å². The molecule has 1 fully saturated rings. The third-order valence-corrected chi connectivity index (χ3v) is 3.49. The van der Waals surface area contributed by atoms with E-state index in [1.54, 1.807) is 0 Å². The lowest BCUT2D eigenvalue weighted by atomic mass is 10.1. The minimum absolute atomic E-state index is 0.238. The summed E-state index contributed by atoms with van der Waals surface area (Å²) in [5, 5.41) is 3.38. The molecule has 1 aliphatic heterocycles. The van der Waals surface area contributed by atoms with Crippen LogP contribution in [-0.4, -0.2) is 30.8 Å². The molecule has 4 heteroatoms. The molecule has 0 spiro atoms. The SMILES string of the molecule is CCCNCc1nc(C)ccc1OCC1CCCCO1. The van der Waals surface area contributed by atoms with E-state index in [0.29, 0.717) is 6.61 Å². The second-order valence-corrected chi connectivity index (χ2v) is 5.37. The summed E-state index contributed by atoms with van der Waals surface area (Å²) >= 11 is 0. The van der Waals surface area contributed by atoms with Crippen LogP contribution in [0.1, 0.15) is 44.0 Å². The Morgan fingerprint density at radius 1 is 1.40 bits per heavy atom. The number of hydrogen-bond acceptors (Lipinski definition) is 4. The molecule has 1 saturated heterocycles. The molecule has 0 aromatic carbocycles. The molecule has 1 aromatic heterocycles. The van der Waals surface area contributed by atoms with E-state index in [-0.39, 0.29) is 6.10 Å². The lowest BCUT2D eigenvalue weighted by Gasteiger charge is -2.23. The fourth-order valence-corrected chi connectivity index (χ4v) is 2.36. The zero-order valence-electron chi connectivity index (χ0n) is 12.7. The van der Waals surface area contributed by atoms with Gasteiger partial charge >= 0.3 is 0 Å². The van der Waals surface area contributed by atoms with Gasteiger partial charge in [-0.2, -0.15) is 0 Å². The first kappa shape index (κ1) is 15.3. The Morgan fingerprint density at radius 2 is 2.30 bits per heavy atom. The first-order valence-corrected chi connectivity index (χ1v) is 7.71. The number of ether oxygens (including phenoxy) is 2. The summed E-state index contributed by atoms with van der Waals surface area (Å²) in [5.41, 5.74) is 2.02. The number of pyridine rings is 1. The highest BCUT2D eigenvalue weighted by Gasteiger charge is 2.15. The minimum Gasteiger partial charge on any atom is -0.489 e. The average molecular weight is 278 g/mol. The largest absolute Gasteiger partial charge is 0.489 e. The maximum atomic E-state index is 5.93. The molecule has 0 bridgehead atoms. The molecule has 0 amide bonds. The van der Waals surface area contributed by atoms with Crippen molar-refractivity contribution < 1.29 is 9.47 Å². The molecule has 1 unspecified atom stereocenters. The van der Waals surface area contributed by atoms with Crippen LogP contribution in [0.3, 0.4) is 0 Å². The lowest BCUT2D eigenvalue weighted by molar-refractivity contribution is -0.0113. The second-order valence-electron chi connectivity index (χ2n) is 5.37. The van der Waals surface area contributed by atoms with E-state index >= 15 is 0 Å². The monoisotopic (exact) mass is 278 g/mol. The number of hydrogen-bond donors (Lipinski definition) is 1. The Morgan fingerprint density at radius 3 is 3.05 bits per heavy atom. The first-order valence-electron chi connectivity index (χ1n) is 7.71. The molecule has 0 saturated carbocycles. The molecule has 2 rings (SSSR count). The van der Waals surface area contributed by atoms with Gasteiger partial charge in [-0.15, -0.1) is 0 Å². The fraction of sp³-hybridized carbons (Fsp3) is 0.688. The number of nitrogens with zero attached hydrogens (tertiary/aromatic N) is 1. The Bertz CT molecular complexity index is 403. The van der Waals surface area contributed by atoms with Gasteiger partial charge in [-0.25, -0.2) is 0 Å². The molecule has 1 aliphatic rings. The molecule has 1 N–H and O–H groups in total. The van der Waals surface area contributed by atoms with Crippen LogP contribution in [0.4, 0.5) is 0 Å². The van der Waals surface area contributed by atoms with E-state index in [0.717, 1.165) is 49.7 Å². The Labute approximate surface area is 121 Å². The third-order valence-electron chi connectivity index (χ3n) is 3.49. The number of aryl methyl sites for hydroxylation is 1. The summed E-state index contributed by atoms with van der Waals surface area (Å²) in [6.07, 6.45) is 4.88. The summed E-state index contributed by atoms with van der Waals surface area (Å²) < 4.78 is 11.6. The van der Waals surface area contributed by atoms with Crippen molar-refractivity contribution in [2.24, 2.45) is 0 Å². The number of aromatic nitrogens is 1. The highest BCUT2D eigenvalue weighted by Crippen LogP contribution is 2.19. The van der Waals surface area contributed by atoms with Crippen molar-refractivity contribution in [1.29, 1.82) is 0 Å². The molecule has 0 aliphatic carbocycles. The second kappa shape index (κ2) is 8.22. The summed E-state index contributed by atoms with van der Waals surface area (Å²) in [4.78, 5) is 4.58. The van der Waals surface area contributed by atoms with Gasteiger partial charge < -0.3 is 14.8 Å². The van der Waals surface area contributed by atoms with Crippen molar-refractivity contribution in [2.75, 3.05) is 19.8 Å². The summed E-state index contributed by atoms with van der Waals surface area (Å²) in [6.45, 7) is 7.43. The average Bonchev–Trinajstić information content (AvgIpc) is 2.48. The highest BCUT2D eigenvalue weighted by molar-refractivity contribution is 5.29. The van der Waals surface area contributed by atoms with Crippen molar-refractivity contribution in [3.05, 3.63) is 23.5 Å². The molecule has 20 heavy (non-hydrogen) atoms. The topological polar surface area (TPSA) is 43.4 Å². The third kappa shape index (κ3) is 4.76. The maximum absolute atomic E-state index is 5.93. The zero-order valence-corrected chi connectivity index (χ0v) is 12.7. The highest BCUT2D eigenvalue weighted by atomic mass is 16.5. The molecular formula is C16H26N2O2. The van der Waals surface area contributed by atoms with Crippen LogP contribution < -0.4 is 10.1 Å². The maximum Gasteiger partial charge on any atom is 0.142 e. The van der Waals surface area contributed by atoms with Crippen LogP contribution in [-0.2, 0) is 11.3 Å². The van der Waals surface area contributed by atoms with Gasteiger partial charge in [-0.3, -0.25) is 4.98 Å². The zero-order chi connectivity index (χ0) is 14.2. The van der Waals surface area contributed by atoms with Crippen LogP contribution in [0.15, 0.2) is 12.1 Å². The van der Waals surface area contributed by atoms with Crippen LogP contribution in [0.5, 0.6) is 5.75 Å². The molecule has 0 radical (unpaired) electrons. The molecule has 2 heterocycles. The standard InChI is InChI=1S/C16H26N2O2/c1-3-9-17-11-15-16(8-7-13(2)18-15)20-12-14-6-4-5-10-19-14/h7-8,14,17H,3-6,9-12H2,1-2H3. The number of rotatable bonds is 7. The van der Waals surface area contributed by atoms with Crippen LogP contribution in [0.2, 0.25) is 0 Å². The normalized spacial score (nSPS) is 19.0. The molecule has 112 valence electrons. The smallest absolute Gasteiger partial charge is 0.142 e. The van der Waals surface area contributed by atoms with E-state index in [4.69, 9.17) is 9.47 Å². The van der Waals surface area contributed by atoms with Gasteiger partial charge in [0.2, 0.25) is 0 Å². The summed E-state index contributed by atoms with van der Waals surface area (Å²) in [7, 11) is 0. The van der Waals surface area contributed by atoms with Crippen molar-refractivity contribution in [3.8, 4) is 5.75 Å². The molecular weight excluding hydrogens is 252 g/mol. The summed E-state index contributed by atoms with van der Waals surface area (Å²) in [5.74, 6) is 0.883. The van der Waals surface area contributed by atoms with Gasteiger partial charge in [0.05, 0.1) is 11.8 Å². The quantitative estimate of drug-likeness (QED) is 0.779. The van der Waals surface area contributed by atoms with Crippen molar-refractivity contribution in [1.82, 2.24) is 10.3 Å². The molecule has 1 atom stereocenters. The van der Waals surface area contributed by atoms with Crippen molar-refractivity contribution >= 4 is 0 Å². The predicted molar refractivity (Wildman–Crippen MR) is 80.1 cm³/mol. The predicted octanol–water partition coefficient (Wildman–Crippen LogP) is 2.84. The van der Waals surface area contributed by atoms with Gasteiger partial charge in [0, 0.05) is 18.8 Å². The van der Waals surface area contributed by atoms with Crippen molar-refractivity contribution in [2.45, 2.75) is 52.2 Å².